The molecule has 0 bridgehead atoms. The summed E-state index contributed by atoms with van der Waals surface area (Å²) in [7, 11) is 5.97. The number of hydrogen-bond acceptors (Lipinski definition) is 3. The highest BCUT2D eigenvalue weighted by Gasteiger charge is 1.98. The number of hydrogen-bond donors (Lipinski definition) is 2. The third-order valence-electron chi connectivity index (χ3n) is 2.34. The first-order valence-electron chi connectivity index (χ1n) is 5.82. The van der Waals surface area contributed by atoms with Crippen LogP contribution in [0.1, 0.15) is 12.0 Å². The summed E-state index contributed by atoms with van der Waals surface area (Å²) in [5, 5.41) is 10.8. The van der Waals surface area contributed by atoms with Gasteiger partial charge < -0.3 is 15.5 Å². The van der Waals surface area contributed by atoms with Crippen LogP contribution in [0.15, 0.2) is 21.8 Å². The standard InChI is InChI=1S/C12H22N4S.HI/c1-13-12(14-6-4-7-16(2)3)15-9-11-5-8-17-10-11;/h5,8,10H,4,6-7,9H2,1-3H3,(H2,13,14,15);1H. The summed E-state index contributed by atoms with van der Waals surface area (Å²) >= 11 is 1.72. The zero-order chi connectivity index (χ0) is 12.5. The van der Waals surface area contributed by atoms with E-state index >= 15 is 0 Å². The lowest BCUT2D eigenvalue weighted by molar-refractivity contribution is 0.399. The first kappa shape index (κ1) is 17.7. The van der Waals surface area contributed by atoms with E-state index in [0.29, 0.717) is 0 Å². The molecule has 0 saturated heterocycles. The topological polar surface area (TPSA) is 39.7 Å². The lowest BCUT2D eigenvalue weighted by Crippen LogP contribution is -2.37. The number of halogens is 1. The Hall–Kier alpha value is -0.340. The Morgan fingerprint density at radius 1 is 1.39 bits per heavy atom. The monoisotopic (exact) mass is 382 g/mol. The van der Waals surface area contributed by atoms with Crippen molar-refractivity contribution < 1.29 is 0 Å². The number of nitrogens with one attached hydrogen (secondary N) is 2. The molecule has 104 valence electrons. The zero-order valence-corrected chi connectivity index (χ0v) is 14.4. The minimum absolute atomic E-state index is 0. The summed E-state index contributed by atoms with van der Waals surface area (Å²) in [5.74, 6) is 0.870. The Labute approximate surface area is 131 Å². The molecule has 18 heavy (non-hydrogen) atoms. The maximum atomic E-state index is 4.19. The van der Waals surface area contributed by atoms with E-state index in [1.54, 1.807) is 18.4 Å². The first-order chi connectivity index (χ1) is 8.22. The van der Waals surface area contributed by atoms with Crippen molar-refractivity contribution in [1.29, 1.82) is 0 Å². The Balaban J connectivity index is 0.00000289. The Bertz CT molecular complexity index is 325. The van der Waals surface area contributed by atoms with Gasteiger partial charge in [-0.15, -0.1) is 24.0 Å². The summed E-state index contributed by atoms with van der Waals surface area (Å²) in [4.78, 5) is 6.37. The SMILES string of the molecule is CN=C(NCCCN(C)C)NCc1ccsc1.I. The molecular weight excluding hydrogens is 359 g/mol. The van der Waals surface area contributed by atoms with Crippen molar-refractivity contribution in [3.8, 4) is 0 Å². The third-order valence-corrected chi connectivity index (χ3v) is 3.07. The minimum atomic E-state index is 0. The lowest BCUT2D eigenvalue weighted by Gasteiger charge is -2.13. The van der Waals surface area contributed by atoms with Gasteiger partial charge in [0, 0.05) is 20.1 Å². The average Bonchev–Trinajstić information content (AvgIpc) is 2.81. The number of thiophene rings is 1. The van der Waals surface area contributed by atoms with Crippen molar-refractivity contribution in [1.82, 2.24) is 15.5 Å². The first-order valence-corrected chi connectivity index (χ1v) is 6.77. The maximum Gasteiger partial charge on any atom is 0.191 e. The van der Waals surface area contributed by atoms with Gasteiger partial charge in [0.2, 0.25) is 0 Å². The number of rotatable bonds is 6. The maximum absolute atomic E-state index is 4.19. The van der Waals surface area contributed by atoms with Crippen LogP contribution < -0.4 is 10.6 Å². The van der Waals surface area contributed by atoms with E-state index in [4.69, 9.17) is 0 Å². The second-order valence-corrected chi connectivity index (χ2v) is 4.92. The van der Waals surface area contributed by atoms with Crippen LogP contribution >= 0.6 is 35.3 Å². The van der Waals surface area contributed by atoms with Crippen molar-refractivity contribution in [3.05, 3.63) is 22.4 Å². The van der Waals surface area contributed by atoms with Crippen LogP contribution in [0.3, 0.4) is 0 Å². The molecule has 0 spiro atoms. The largest absolute Gasteiger partial charge is 0.356 e. The van der Waals surface area contributed by atoms with Gasteiger partial charge in [0.1, 0.15) is 0 Å². The Morgan fingerprint density at radius 3 is 2.72 bits per heavy atom. The molecule has 1 aromatic rings. The average molecular weight is 382 g/mol. The fourth-order valence-corrected chi connectivity index (χ4v) is 2.07. The summed E-state index contributed by atoms with van der Waals surface area (Å²) in [6, 6.07) is 2.12. The number of guanidine groups is 1. The highest BCUT2D eigenvalue weighted by atomic mass is 127. The van der Waals surface area contributed by atoms with E-state index in [9.17, 15) is 0 Å². The van der Waals surface area contributed by atoms with E-state index in [1.165, 1.54) is 5.56 Å². The van der Waals surface area contributed by atoms with Gasteiger partial charge in [-0.05, 0) is 49.5 Å². The molecule has 1 rings (SSSR count). The van der Waals surface area contributed by atoms with Crippen molar-refractivity contribution in [2.24, 2.45) is 4.99 Å². The summed E-state index contributed by atoms with van der Waals surface area (Å²) in [5.41, 5.74) is 1.30. The predicted molar refractivity (Wildman–Crippen MR) is 91.1 cm³/mol. The second kappa shape index (κ2) is 10.6. The van der Waals surface area contributed by atoms with Crippen molar-refractivity contribution in [2.75, 3.05) is 34.2 Å². The van der Waals surface area contributed by atoms with Crippen LogP contribution in [0.5, 0.6) is 0 Å². The van der Waals surface area contributed by atoms with Crippen LogP contribution in [0.2, 0.25) is 0 Å². The van der Waals surface area contributed by atoms with Gasteiger partial charge in [0.25, 0.3) is 0 Å². The molecule has 1 aromatic heterocycles. The molecule has 0 aliphatic heterocycles. The van der Waals surface area contributed by atoms with E-state index in [0.717, 1.165) is 32.0 Å². The molecule has 0 amide bonds. The number of aliphatic imine (C=N–C) groups is 1. The second-order valence-electron chi connectivity index (χ2n) is 4.14. The molecule has 0 radical (unpaired) electrons. The van der Waals surface area contributed by atoms with E-state index < -0.39 is 0 Å². The quantitative estimate of drug-likeness (QED) is 0.342. The normalized spacial score (nSPS) is 11.2. The zero-order valence-electron chi connectivity index (χ0n) is 11.3. The van der Waals surface area contributed by atoms with Gasteiger partial charge in [-0.25, -0.2) is 0 Å². The van der Waals surface area contributed by atoms with Gasteiger partial charge >= 0.3 is 0 Å². The molecule has 2 N–H and O–H groups in total. The molecular formula is C12H23IN4S. The summed E-state index contributed by atoms with van der Waals surface area (Å²) in [6.07, 6.45) is 1.12. The lowest BCUT2D eigenvalue weighted by atomic mass is 10.3. The van der Waals surface area contributed by atoms with Crippen molar-refractivity contribution >= 4 is 41.3 Å². The fraction of sp³-hybridized carbons (Fsp3) is 0.583. The summed E-state index contributed by atoms with van der Waals surface area (Å²) < 4.78 is 0. The van der Waals surface area contributed by atoms with E-state index in [2.05, 4.69) is 51.4 Å². The van der Waals surface area contributed by atoms with Crippen LogP contribution in [0, 0.1) is 0 Å². The minimum Gasteiger partial charge on any atom is -0.356 e. The van der Waals surface area contributed by atoms with Gasteiger partial charge in [-0.1, -0.05) is 0 Å². The predicted octanol–water partition coefficient (Wildman–Crippen LogP) is 1.98. The molecule has 6 heteroatoms. The van der Waals surface area contributed by atoms with Crippen LogP contribution in [-0.2, 0) is 6.54 Å². The van der Waals surface area contributed by atoms with Crippen molar-refractivity contribution in [3.63, 3.8) is 0 Å². The molecule has 0 aromatic carbocycles. The molecule has 0 aliphatic rings. The Morgan fingerprint density at radius 2 is 2.17 bits per heavy atom. The molecule has 0 fully saturated rings. The fourth-order valence-electron chi connectivity index (χ4n) is 1.40. The third kappa shape index (κ3) is 7.88. The number of nitrogens with zero attached hydrogens (tertiary/aromatic N) is 2. The Kier molecular flexibility index (Phi) is 10.4. The van der Waals surface area contributed by atoms with Gasteiger partial charge in [-0.3, -0.25) is 4.99 Å². The van der Waals surface area contributed by atoms with Gasteiger partial charge in [-0.2, -0.15) is 11.3 Å². The molecule has 0 unspecified atom stereocenters. The van der Waals surface area contributed by atoms with Crippen molar-refractivity contribution in [2.45, 2.75) is 13.0 Å². The van der Waals surface area contributed by atoms with E-state index in [1.807, 2.05) is 0 Å². The molecule has 0 aliphatic carbocycles. The van der Waals surface area contributed by atoms with Gasteiger partial charge in [0.15, 0.2) is 5.96 Å². The van der Waals surface area contributed by atoms with E-state index in [-0.39, 0.29) is 24.0 Å². The van der Waals surface area contributed by atoms with Crippen LogP contribution in [0.4, 0.5) is 0 Å². The molecule has 1 heterocycles. The summed E-state index contributed by atoms with van der Waals surface area (Å²) in [6.45, 7) is 2.87. The molecule has 0 saturated carbocycles. The van der Waals surface area contributed by atoms with Crippen LogP contribution in [0.25, 0.3) is 0 Å². The highest BCUT2D eigenvalue weighted by Crippen LogP contribution is 2.04. The van der Waals surface area contributed by atoms with Gasteiger partial charge in [0.05, 0.1) is 0 Å². The highest BCUT2D eigenvalue weighted by molar-refractivity contribution is 14.0. The van der Waals surface area contributed by atoms with Crippen LogP contribution in [-0.4, -0.2) is 45.1 Å². The molecule has 4 nitrogen and oxygen atoms in total. The smallest absolute Gasteiger partial charge is 0.191 e. The molecule has 0 atom stereocenters.